The van der Waals surface area contributed by atoms with Crippen molar-refractivity contribution in [2.24, 2.45) is 0 Å². The predicted octanol–water partition coefficient (Wildman–Crippen LogP) is 6.38. The van der Waals surface area contributed by atoms with Crippen molar-refractivity contribution in [2.75, 3.05) is 10.6 Å². The Morgan fingerprint density at radius 3 is 2.45 bits per heavy atom. The number of hydrogen-bond acceptors (Lipinski definition) is 3. The van der Waals surface area contributed by atoms with Crippen LogP contribution in [-0.2, 0) is 11.8 Å². The maximum absolute atomic E-state index is 12.5. The fourth-order valence-corrected chi connectivity index (χ4v) is 2.85. The highest BCUT2D eigenvalue weighted by atomic mass is 16.5. The Bertz CT molecular complexity index is 976. The van der Waals surface area contributed by atoms with E-state index in [1.807, 2.05) is 48.5 Å². The van der Waals surface area contributed by atoms with Gasteiger partial charge in [-0.15, -0.1) is 0 Å². The van der Waals surface area contributed by atoms with Crippen LogP contribution in [0.2, 0.25) is 0 Å². The normalized spacial score (nSPS) is 11.0. The SMILES string of the molecule is CCc1cccc(Oc2ncccc2NC(=O)Nc2ccc(C(C)(C)C)cc2)c1. The lowest BCUT2D eigenvalue weighted by Crippen LogP contribution is -2.20. The lowest BCUT2D eigenvalue weighted by atomic mass is 9.87. The zero-order valence-corrected chi connectivity index (χ0v) is 17.3. The second-order valence-electron chi connectivity index (χ2n) is 7.87. The van der Waals surface area contributed by atoms with E-state index in [-0.39, 0.29) is 11.4 Å². The molecule has 5 heteroatoms. The van der Waals surface area contributed by atoms with Gasteiger partial charge in [-0.3, -0.25) is 0 Å². The molecule has 5 nitrogen and oxygen atoms in total. The van der Waals surface area contributed by atoms with Crippen LogP contribution in [0.15, 0.2) is 66.9 Å². The van der Waals surface area contributed by atoms with Gasteiger partial charge in [0.15, 0.2) is 0 Å². The van der Waals surface area contributed by atoms with Gasteiger partial charge in [0.05, 0.1) is 0 Å². The molecule has 3 aromatic rings. The maximum atomic E-state index is 12.5. The highest BCUT2D eigenvalue weighted by molar-refractivity contribution is 6.00. The molecule has 0 unspecified atom stereocenters. The summed E-state index contributed by atoms with van der Waals surface area (Å²) in [6.07, 6.45) is 2.55. The van der Waals surface area contributed by atoms with Crippen molar-refractivity contribution in [3.8, 4) is 11.6 Å². The van der Waals surface area contributed by atoms with Crippen LogP contribution in [0.4, 0.5) is 16.2 Å². The number of aromatic nitrogens is 1. The number of nitrogens with zero attached hydrogens (tertiary/aromatic N) is 1. The third-order valence-electron chi connectivity index (χ3n) is 4.55. The number of amides is 2. The fourth-order valence-electron chi connectivity index (χ4n) is 2.85. The van der Waals surface area contributed by atoms with Gasteiger partial charge in [-0.2, -0.15) is 0 Å². The number of carbonyl (C=O) groups excluding carboxylic acids is 1. The smallest absolute Gasteiger partial charge is 0.323 e. The molecule has 1 heterocycles. The molecular weight excluding hydrogens is 362 g/mol. The number of carbonyl (C=O) groups is 1. The Labute approximate surface area is 172 Å². The molecule has 3 rings (SSSR count). The number of urea groups is 1. The number of hydrogen-bond donors (Lipinski definition) is 2. The van der Waals surface area contributed by atoms with Gasteiger partial charge in [0.25, 0.3) is 0 Å². The molecule has 2 N–H and O–H groups in total. The van der Waals surface area contributed by atoms with E-state index in [0.29, 0.717) is 17.3 Å². The minimum Gasteiger partial charge on any atom is -0.437 e. The summed E-state index contributed by atoms with van der Waals surface area (Å²) in [5, 5.41) is 5.66. The summed E-state index contributed by atoms with van der Waals surface area (Å²) in [5.74, 6) is 1.03. The Morgan fingerprint density at radius 1 is 1.00 bits per heavy atom. The highest BCUT2D eigenvalue weighted by Crippen LogP contribution is 2.28. The highest BCUT2D eigenvalue weighted by Gasteiger charge is 2.14. The van der Waals surface area contributed by atoms with Crippen molar-refractivity contribution < 1.29 is 9.53 Å². The molecule has 0 saturated heterocycles. The molecule has 0 spiro atoms. The topological polar surface area (TPSA) is 63.2 Å². The summed E-state index contributed by atoms with van der Waals surface area (Å²) in [4.78, 5) is 16.7. The second kappa shape index (κ2) is 8.78. The summed E-state index contributed by atoms with van der Waals surface area (Å²) < 4.78 is 5.90. The zero-order chi connectivity index (χ0) is 20.9. The molecule has 0 saturated carbocycles. The third-order valence-corrected chi connectivity index (χ3v) is 4.55. The first-order valence-corrected chi connectivity index (χ1v) is 9.75. The van der Waals surface area contributed by atoms with E-state index in [9.17, 15) is 4.79 Å². The van der Waals surface area contributed by atoms with Crippen LogP contribution in [0.1, 0.15) is 38.8 Å². The zero-order valence-electron chi connectivity index (χ0n) is 17.3. The molecule has 0 aliphatic heterocycles. The van der Waals surface area contributed by atoms with Gasteiger partial charge in [0.2, 0.25) is 5.88 Å². The van der Waals surface area contributed by atoms with E-state index < -0.39 is 0 Å². The van der Waals surface area contributed by atoms with Crippen LogP contribution in [0.5, 0.6) is 11.6 Å². The number of ether oxygens (including phenoxy) is 1. The number of anilines is 2. The van der Waals surface area contributed by atoms with Crippen LogP contribution >= 0.6 is 0 Å². The molecule has 2 aromatic carbocycles. The first-order valence-electron chi connectivity index (χ1n) is 9.75. The molecule has 0 fully saturated rings. The summed E-state index contributed by atoms with van der Waals surface area (Å²) in [6, 6.07) is 18.8. The van der Waals surface area contributed by atoms with Crippen molar-refractivity contribution in [2.45, 2.75) is 39.5 Å². The first-order chi connectivity index (χ1) is 13.8. The van der Waals surface area contributed by atoms with Crippen molar-refractivity contribution >= 4 is 17.4 Å². The maximum Gasteiger partial charge on any atom is 0.323 e. The van der Waals surface area contributed by atoms with Gasteiger partial charge in [-0.25, -0.2) is 9.78 Å². The van der Waals surface area contributed by atoms with Crippen molar-refractivity contribution in [1.82, 2.24) is 4.98 Å². The van der Waals surface area contributed by atoms with Crippen molar-refractivity contribution in [3.05, 3.63) is 78.0 Å². The van der Waals surface area contributed by atoms with E-state index in [2.05, 4.69) is 43.3 Å². The van der Waals surface area contributed by atoms with E-state index >= 15 is 0 Å². The second-order valence-corrected chi connectivity index (χ2v) is 7.87. The first kappa shape index (κ1) is 20.4. The summed E-state index contributed by atoms with van der Waals surface area (Å²) in [5.41, 5.74) is 3.67. The number of pyridine rings is 1. The molecular formula is C24H27N3O2. The minimum atomic E-state index is -0.353. The quantitative estimate of drug-likeness (QED) is 0.532. The Kier molecular flexibility index (Phi) is 6.17. The number of aryl methyl sites for hydroxylation is 1. The van der Waals surface area contributed by atoms with Gasteiger partial charge in [0, 0.05) is 11.9 Å². The van der Waals surface area contributed by atoms with E-state index in [0.717, 1.165) is 12.1 Å². The summed E-state index contributed by atoms with van der Waals surface area (Å²) in [7, 11) is 0. The van der Waals surface area contributed by atoms with Crippen LogP contribution in [0, 0.1) is 0 Å². The Morgan fingerprint density at radius 2 is 1.76 bits per heavy atom. The molecule has 0 aliphatic carbocycles. The molecule has 0 bridgehead atoms. The Balaban J connectivity index is 1.69. The van der Waals surface area contributed by atoms with Gasteiger partial charge >= 0.3 is 6.03 Å². The van der Waals surface area contributed by atoms with E-state index in [1.165, 1.54) is 11.1 Å². The molecule has 2 amide bonds. The average Bonchev–Trinajstić information content (AvgIpc) is 2.69. The van der Waals surface area contributed by atoms with Gasteiger partial charge < -0.3 is 15.4 Å². The number of benzene rings is 2. The predicted molar refractivity (Wildman–Crippen MR) is 118 cm³/mol. The van der Waals surface area contributed by atoms with E-state index in [4.69, 9.17) is 4.74 Å². The lowest BCUT2D eigenvalue weighted by molar-refractivity contribution is 0.262. The molecule has 0 radical (unpaired) electrons. The third kappa shape index (κ3) is 5.57. The van der Waals surface area contributed by atoms with Gasteiger partial charge in [0.1, 0.15) is 11.4 Å². The number of nitrogens with one attached hydrogen (secondary N) is 2. The van der Waals surface area contributed by atoms with Crippen LogP contribution < -0.4 is 15.4 Å². The average molecular weight is 389 g/mol. The lowest BCUT2D eigenvalue weighted by Gasteiger charge is -2.19. The van der Waals surface area contributed by atoms with Crippen molar-refractivity contribution in [1.29, 1.82) is 0 Å². The molecule has 0 atom stereocenters. The summed E-state index contributed by atoms with van der Waals surface area (Å²) >= 11 is 0. The molecule has 150 valence electrons. The molecule has 29 heavy (non-hydrogen) atoms. The molecule has 0 aliphatic rings. The van der Waals surface area contributed by atoms with Gasteiger partial charge in [-0.1, -0.05) is 52.0 Å². The standard InChI is InChI=1S/C24H27N3O2/c1-5-17-8-6-9-20(16-17)29-22-21(10-7-15-25-22)27-23(28)26-19-13-11-18(12-14-19)24(2,3)4/h6-16H,5H2,1-4H3,(H2,26,27,28). The van der Waals surface area contributed by atoms with Gasteiger partial charge in [-0.05, 0) is 59.4 Å². The molecule has 1 aromatic heterocycles. The minimum absolute atomic E-state index is 0.0673. The number of rotatable bonds is 5. The van der Waals surface area contributed by atoms with E-state index in [1.54, 1.807) is 18.3 Å². The van der Waals surface area contributed by atoms with Crippen LogP contribution in [0.25, 0.3) is 0 Å². The fraction of sp³-hybridized carbons (Fsp3) is 0.250. The van der Waals surface area contributed by atoms with Crippen LogP contribution in [-0.4, -0.2) is 11.0 Å². The largest absolute Gasteiger partial charge is 0.437 e. The monoisotopic (exact) mass is 389 g/mol. The van der Waals surface area contributed by atoms with Crippen LogP contribution in [0.3, 0.4) is 0 Å². The van der Waals surface area contributed by atoms with Crippen molar-refractivity contribution in [3.63, 3.8) is 0 Å². The summed E-state index contributed by atoms with van der Waals surface area (Å²) in [6.45, 7) is 8.55. The Hall–Kier alpha value is -3.34.